The van der Waals surface area contributed by atoms with E-state index in [4.69, 9.17) is 0 Å². The minimum atomic E-state index is -3.00. The van der Waals surface area contributed by atoms with E-state index in [1.165, 1.54) is 11.3 Å². The molecule has 2 heterocycles. The average molecular weight is 326 g/mol. The van der Waals surface area contributed by atoms with Gasteiger partial charge in [0.1, 0.15) is 5.37 Å². The molecule has 2 unspecified atom stereocenters. The van der Waals surface area contributed by atoms with Gasteiger partial charge in [0.2, 0.25) is 0 Å². The lowest BCUT2D eigenvalue weighted by Crippen LogP contribution is -2.49. The van der Waals surface area contributed by atoms with Crippen molar-refractivity contribution in [1.82, 2.24) is 4.90 Å². The summed E-state index contributed by atoms with van der Waals surface area (Å²) in [5.74, 6) is 2.35. The number of hydrogen-bond donors (Lipinski definition) is 1. The Bertz CT molecular complexity index is 603. The molecule has 1 aromatic carbocycles. The van der Waals surface area contributed by atoms with E-state index in [0.717, 1.165) is 25.4 Å². The first-order valence-electron chi connectivity index (χ1n) is 7.48. The Hall–Kier alpha value is -0.720. The molecule has 21 heavy (non-hydrogen) atoms. The fourth-order valence-corrected chi connectivity index (χ4v) is 6.24. The SMILES string of the molecule is CCS(=O)(=O)C1CSCCN1CC1CNc2ccccc21. The highest BCUT2D eigenvalue weighted by Gasteiger charge is 2.35. The summed E-state index contributed by atoms with van der Waals surface area (Å²) in [6.45, 7) is 4.35. The van der Waals surface area contributed by atoms with E-state index in [9.17, 15) is 8.42 Å². The number of fused-ring (bicyclic) bond motifs is 1. The molecule has 2 aliphatic heterocycles. The quantitative estimate of drug-likeness (QED) is 0.917. The zero-order valence-corrected chi connectivity index (χ0v) is 13.9. The molecule has 6 heteroatoms. The number of sulfone groups is 1. The van der Waals surface area contributed by atoms with E-state index in [1.54, 1.807) is 18.7 Å². The van der Waals surface area contributed by atoms with Crippen molar-refractivity contribution in [3.63, 3.8) is 0 Å². The van der Waals surface area contributed by atoms with Crippen molar-refractivity contribution in [2.24, 2.45) is 0 Å². The highest BCUT2D eigenvalue weighted by atomic mass is 32.2. The van der Waals surface area contributed by atoms with Crippen molar-refractivity contribution in [2.75, 3.05) is 42.2 Å². The van der Waals surface area contributed by atoms with Crippen LogP contribution in [0, 0.1) is 0 Å². The lowest BCUT2D eigenvalue weighted by Gasteiger charge is -2.36. The largest absolute Gasteiger partial charge is 0.384 e. The Kier molecular flexibility index (Phi) is 4.47. The topological polar surface area (TPSA) is 49.4 Å². The van der Waals surface area contributed by atoms with Gasteiger partial charge in [0.15, 0.2) is 9.84 Å². The van der Waals surface area contributed by atoms with Crippen molar-refractivity contribution in [1.29, 1.82) is 0 Å². The van der Waals surface area contributed by atoms with Crippen molar-refractivity contribution >= 4 is 27.3 Å². The maximum Gasteiger partial charge on any atom is 0.166 e. The molecule has 1 saturated heterocycles. The van der Waals surface area contributed by atoms with Gasteiger partial charge in [-0.2, -0.15) is 11.8 Å². The van der Waals surface area contributed by atoms with Gasteiger partial charge in [0, 0.05) is 48.5 Å². The molecule has 1 aromatic rings. The van der Waals surface area contributed by atoms with E-state index >= 15 is 0 Å². The lowest BCUT2D eigenvalue weighted by molar-refractivity contribution is 0.257. The third-order valence-corrected chi connectivity index (χ3v) is 7.73. The number of anilines is 1. The zero-order chi connectivity index (χ0) is 14.9. The number of para-hydroxylation sites is 1. The van der Waals surface area contributed by atoms with Crippen LogP contribution in [0.5, 0.6) is 0 Å². The summed E-state index contributed by atoms with van der Waals surface area (Å²) in [5, 5.41) is 3.11. The Labute approximate surface area is 131 Å². The Morgan fingerprint density at radius 1 is 1.38 bits per heavy atom. The molecule has 0 bridgehead atoms. The second-order valence-corrected chi connectivity index (χ2v) is 9.24. The third kappa shape index (κ3) is 3.07. The molecule has 3 rings (SSSR count). The normalized spacial score (nSPS) is 26.3. The maximum atomic E-state index is 12.3. The number of thioether (sulfide) groups is 1. The Balaban J connectivity index is 1.77. The molecule has 2 aliphatic rings. The predicted molar refractivity (Wildman–Crippen MR) is 89.8 cm³/mol. The fraction of sp³-hybridized carbons (Fsp3) is 0.600. The van der Waals surface area contributed by atoms with Crippen LogP contribution >= 0.6 is 11.8 Å². The van der Waals surface area contributed by atoms with Gasteiger partial charge in [0.25, 0.3) is 0 Å². The molecule has 116 valence electrons. The second-order valence-electron chi connectivity index (χ2n) is 5.64. The van der Waals surface area contributed by atoms with Crippen LogP contribution in [0.1, 0.15) is 18.4 Å². The van der Waals surface area contributed by atoms with Crippen LogP contribution in [0.25, 0.3) is 0 Å². The van der Waals surface area contributed by atoms with Crippen molar-refractivity contribution in [2.45, 2.75) is 18.2 Å². The minimum Gasteiger partial charge on any atom is -0.384 e. The molecular formula is C15H22N2O2S2. The van der Waals surface area contributed by atoms with Crippen LogP contribution in [0.2, 0.25) is 0 Å². The van der Waals surface area contributed by atoms with E-state index in [2.05, 4.69) is 28.4 Å². The number of hydrogen-bond acceptors (Lipinski definition) is 5. The first-order valence-corrected chi connectivity index (χ1v) is 10.3. The monoisotopic (exact) mass is 326 g/mol. The molecule has 2 atom stereocenters. The second kappa shape index (κ2) is 6.18. The first kappa shape index (κ1) is 15.2. The van der Waals surface area contributed by atoms with Crippen LogP contribution in [0.15, 0.2) is 24.3 Å². The highest BCUT2D eigenvalue weighted by molar-refractivity contribution is 8.01. The molecule has 0 saturated carbocycles. The van der Waals surface area contributed by atoms with Gasteiger partial charge < -0.3 is 5.32 Å². The first-order chi connectivity index (χ1) is 10.1. The number of rotatable bonds is 4. The van der Waals surface area contributed by atoms with Crippen LogP contribution in [-0.2, 0) is 9.84 Å². The standard InChI is InChI=1S/C15H22N2O2S2/c1-2-21(18,19)15-11-20-8-7-17(15)10-12-9-16-14-6-4-3-5-13(12)14/h3-6,12,15-16H,2,7-11H2,1H3. The lowest BCUT2D eigenvalue weighted by atomic mass is 10.0. The molecule has 1 fully saturated rings. The summed E-state index contributed by atoms with van der Waals surface area (Å²) in [4.78, 5) is 2.18. The molecule has 0 aromatic heterocycles. The van der Waals surface area contributed by atoms with Gasteiger partial charge in [-0.25, -0.2) is 8.42 Å². The molecule has 0 aliphatic carbocycles. The summed E-state index contributed by atoms with van der Waals surface area (Å²) in [7, 11) is -3.00. The van der Waals surface area contributed by atoms with Gasteiger partial charge in [-0.3, -0.25) is 4.90 Å². The average Bonchev–Trinajstić information content (AvgIpc) is 2.91. The predicted octanol–water partition coefficient (Wildman–Crippen LogP) is 2.01. The molecule has 0 radical (unpaired) electrons. The van der Waals surface area contributed by atoms with Crippen LogP contribution in [0.3, 0.4) is 0 Å². The highest BCUT2D eigenvalue weighted by Crippen LogP contribution is 2.33. The summed E-state index contributed by atoms with van der Waals surface area (Å²) < 4.78 is 24.6. The molecule has 1 N–H and O–H groups in total. The number of nitrogens with zero attached hydrogens (tertiary/aromatic N) is 1. The summed E-state index contributed by atoms with van der Waals surface area (Å²) in [6.07, 6.45) is 0. The van der Waals surface area contributed by atoms with Crippen LogP contribution in [-0.4, -0.2) is 55.6 Å². The summed E-state index contributed by atoms with van der Waals surface area (Å²) in [6, 6.07) is 8.35. The van der Waals surface area contributed by atoms with Gasteiger partial charge in [0.05, 0.1) is 0 Å². The van der Waals surface area contributed by atoms with Crippen molar-refractivity contribution < 1.29 is 8.42 Å². The minimum absolute atomic E-state index is 0.230. The van der Waals surface area contributed by atoms with Crippen molar-refractivity contribution in [3.8, 4) is 0 Å². The van der Waals surface area contributed by atoms with Crippen LogP contribution in [0.4, 0.5) is 5.69 Å². The summed E-state index contributed by atoms with van der Waals surface area (Å²) in [5.41, 5.74) is 2.52. The van der Waals surface area contributed by atoms with E-state index in [-0.39, 0.29) is 11.1 Å². The Morgan fingerprint density at radius 2 is 2.19 bits per heavy atom. The van der Waals surface area contributed by atoms with Gasteiger partial charge in [-0.15, -0.1) is 0 Å². The van der Waals surface area contributed by atoms with Crippen LogP contribution < -0.4 is 5.32 Å². The van der Waals surface area contributed by atoms with Gasteiger partial charge in [-0.05, 0) is 11.6 Å². The van der Waals surface area contributed by atoms with E-state index in [0.29, 0.717) is 11.7 Å². The number of benzene rings is 1. The fourth-order valence-electron chi connectivity index (χ4n) is 3.15. The number of nitrogens with one attached hydrogen (secondary N) is 1. The van der Waals surface area contributed by atoms with E-state index < -0.39 is 9.84 Å². The van der Waals surface area contributed by atoms with Gasteiger partial charge >= 0.3 is 0 Å². The maximum absolute atomic E-state index is 12.3. The Morgan fingerprint density at radius 3 is 3.00 bits per heavy atom. The van der Waals surface area contributed by atoms with E-state index in [1.807, 2.05) is 6.07 Å². The zero-order valence-electron chi connectivity index (χ0n) is 12.3. The molecule has 4 nitrogen and oxygen atoms in total. The molecule has 0 spiro atoms. The summed E-state index contributed by atoms with van der Waals surface area (Å²) >= 11 is 1.76. The molecular weight excluding hydrogens is 304 g/mol. The van der Waals surface area contributed by atoms with Crippen molar-refractivity contribution in [3.05, 3.63) is 29.8 Å². The molecule has 0 amide bonds. The van der Waals surface area contributed by atoms with Gasteiger partial charge in [-0.1, -0.05) is 25.1 Å². The smallest absolute Gasteiger partial charge is 0.166 e. The third-order valence-electron chi connectivity index (χ3n) is 4.40.